The fraction of sp³-hybridized carbons (Fsp3) is 0.367. The number of nitrogens with zero attached hydrogens (tertiary/aromatic N) is 1. The Morgan fingerprint density at radius 3 is 2.26 bits per heavy atom. The van der Waals surface area contributed by atoms with E-state index in [1.54, 1.807) is 6.07 Å². The Morgan fingerprint density at radius 2 is 1.69 bits per heavy atom. The molecule has 0 radical (unpaired) electrons. The molecule has 9 heteroatoms. The van der Waals surface area contributed by atoms with Gasteiger partial charge in [0, 0.05) is 36.2 Å². The zero-order valence-electron chi connectivity index (χ0n) is 21.5. The lowest BCUT2D eigenvalue weighted by Crippen LogP contribution is -2.69. The number of ether oxygens (including phenoxy) is 2. The molecule has 3 aliphatic heterocycles. The predicted molar refractivity (Wildman–Crippen MR) is 140 cm³/mol. The number of aliphatic carboxylic acids is 1. The van der Waals surface area contributed by atoms with E-state index in [4.69, 9.17) is 4.74 Å². The first kappa shape index (κ1) is 27.0. The fourth-order valence-electron chi connectivity index (χ4n) is 6.31. The number of carboxylic acid groups (broad SMARTS) is 1. The monoisotopic (exact) mass is 540 g/mol. The maximum Gasteiger partial charge on any atom is 0.573 e. The Labute approximate surface area is 225 Å². The second kappa shape index (κ2) is 11.3. The summed E-state index contributed by atoms with van der Waals surface area (Å²) in [5, 5.41) is 13.8. The number of carboxylic acids is 1. The Hall–Kier alpha value is -3.56. The van der Waals surface area contributed by atoms with Gasteiger partial charge in [-0.05, 0) is 42.5 Å². The third-order valence-corrected chi connectivity index (χ3v) is 7.91. The summed E-state index contributed by atoms with van der Waals surface area (Å²) in [6, 6.07) is 23.5. The Balaban J connectivity index is 1.49. The molecule has 3 saturated heterocycles. The molecule has 5 atom stereocenters. The quantitative estimate of drug-likeness (QED) is 0.377. The van der Waals surface area contributed by atoms with Gasteiger partial charge in [0.05, 0.1) is 7.11 Å². The minimum Gasteiger partial charge on any atom is -0.496 e. The van der Waals surface area contributed by atoms with Crippen LogP contribution in [0, 0.1) is 5.92 Å². The molecule has 0 aromatic heterocycles. The van der Waals surface area contributed by atoms with Gasteiger partial charge in [0.2, 0.25) is 0 Å². The zero-order valence-corrected chi connectivity index (χ0v) is 21.5. The van der Waals surface area contributed by atoms with Crippen LogP contribution in [0.1, 0.15) is 35.4 Å². The van der Waals surface area contributed by atoms with Crippen molar-refractivity contribution in [3.63, 3.8) is 0 Å². The molecule has 6 nitrogen and oxygen atoms in total. The van der Waals surface area contributed by atoms with Crippen LogP contribution in [0.25, 0.3) is 0 Å². The zero-order chi connectivity index (χ0) is 27.6. The summed E-state index contributed by atoms with van der Waals surface area (Å²) in [5.41, 5.74) is 2.89. The standard InChI is InChI=1S/C30H31F3N2O4/c1-38-25-17-23(39-30(31,32)33)13-12-22(25)18-34-27-21-14-15-35(24(16-21)29(36)37)28(27)26(19-8-4-2-5-9-19)20-10-6-3-7-11-20/h2-13,17,21,24,26-28,34H,14-16,18H2,1H3,(H,36,37). The third kappa shape index (κ3) is 5.89. The SMILES string of the molecule is COc1cc(OC(F)(F)F)ccc1CNC1C2CCN(C(C(=O)O)C2)C1C(c1ccccc1)c1ccccc1. The second-order valence-corrected chi connectivity index (χ2v) is 10.1. The van der Waals surface area contributed by atoms with Crippen LogP contribution in [0.15, 0.2) is 78.9 Å². The molecule has 2 bridgehead atoms. The van der Waals surface area contributed by atoms with E-state index in [1.807, 2.05) is 36.4 Å². The first-order valence-corrected chi connectivity index (χ1v) is 13.0. The van der Waals surface area contributed by atoms with Gasteiger partial charge in [-0.25, -0.2) is 0 Å². The van der Waals surface area contributed by atoms with Crippen LogP contribution in [0.4, 0.5) is 13.2 Å². The molecule has 3 aromatic carbocycles. The van der Waals surface area contributed by atoms with Crippen LogP contribution in [-0.4, -0.2) is 54.1 Å². The van der Waals surface area contributed by atoms with E-state index in [9.17, 15) is 23.1 Å². The third-order valence-electron chi connectivity index (χ3n) is 7.91. The number of carbonyl (C=O) groups is 1. The largest absolute Gasteiger partial charge is 0.573 e. The van der Waals surface area contributed by atoms with Crippen molar-refractivity contribution in [3.8, 4) is 11.5 Å². The lowest BCUT2D eigenvalue weighted by Gasteiger charge is -2.56. The molecule has 3 aliphatic rings. The molecule has 0 saturated carbocycles. The van der Waals surface area contributed by atoms with E-state index in [-0.39, 0.29) is 35.4 Å². The van der Waals surface area contributed by atoms with Crippen molar-refractivity contribution in [2.24, 2.45) is 5.92 Å². The lowest BCUT2D eigenvalue weighted by molar-refractivity contribution is -0.274. The molecule has 3 heterocycles. The van der Waals surface area contributed by atoms with Crippen molar-refractivity contribution in [2.75, 3.05) is 13.7 Å². The molecule has 5 unspecified atom stereocenters. The topological polar surface area (TPSA) is 71.0 Å². The number of nitrogens with one attached hydrogen (secondary N) is 1. The van der Waals surface area contributed by atoms with E-state index in [0.717, 1.165) is 17.5 Å². The molecule has 0 aliphatic carbocycles. The van der Waals surface area contributed by atoms with Crippen LogP contribution in [0.2, 0.25) is 0 Å². The number of benzene rings is 3. The van der Waals surface area contributed by atoms with Gasteiger partial charge in [-0.3, -0.25) is 9.69 Å². The minimum atomic E-state index is -4.79. The highest BCUT2D eigenvalue weighted by Crippen LogP contribution is 2.45. The van der Waals surface area contributed by atoms with E-state index in [2.05, 4.69) is 39.2 Å². The van der Waals surface area contributed by atoms with E-state index in [0.29, 0.717) is 25.1 Å². The van der Waals surface area contributed by atoms with Crippen molar-refractivity contribution in [1.82, 2.24) is 10.2 Å². The first-order valence-electron chi connectivity index (χ1n) is 13.0. The molecule has 2 N–H and O–H groups in total. The number of alkyl halides is 3. The predicted octanol–water partition coefficient (Wildman–Crippen LogP) is 5.43. The first-order chi connectivity index (χ1) is 18.7. The number of piperidine rings is 3. The van der Waals surface area contributed by atoms with Gasteiger partial charge in [0.15, 0.2) is 0 Å². The van der Waals surface area contributed by atoms with Gasteiger partial charge in [-0.1, -0.05) is 66.7 Å². The van der Waals surface area contributed by atoms with Gasteiger partial charge < -0.3 is 19.9 Å². The maximum atomic E-state index is 12.7. The minimum absolute atomic E-state index is 0.0597. The number of hydrogen-bond acceptors (Lipinski definition) is 5. The summed E-state index contributed by atoms with van der Waals surface area (Å²) in [5.74, 6) is -0.839. The van der Waals surface area contributed by atoms with Crippen molar-refractivity contribution in [3.05, 3.63) is 95.6 Å². The average Bonchev–Trinajstić information content (AvgIpc) is 2.93. The smallest absolute Gasteiger partial charge is 0.496 e. The van der Waals surface area contributed by atoms with Crippen molar-refractivity contribution in [2.45, 2.75) is 49.8 Å². The number of methoxy groups -OCH3 is 1. The highest BCUT2D eigenvalue weighted by atomic mass is 19.4. The molecular weight excluding hydrogens is 509 g/mol. The summed E-state index contributed by atoms with van der Waals surface area (Å²) < 4.78 is 47.6. The molecule has 39 heavy (non-hydrogen) atoms. The molecular formula is C30H31F3N2O4. The van der Waals surface area contributed by atoms with E-state index >= 15 is 0 Å². The molecule has 206 valence electrons. The van der Waals surface area contributed by atoms with Crippen LogP contribution in [0.5, 0.6) is 11.5 Å². The van der Waals surface area contributed by atoms with Crippen LogP contribution in [0.3, 0.4) is 0 Å². The fourth-order valence-corrected chi connectivity index (χ4v) is 6.31. The summed E-state index contributed by atoms with van der Waals surface area (Å²) in [6.07, 6.45) is -3.39. The maximum absolute atomic E-state index is 12.7. The van der Waals surface area contributed by atoms with E-state index < -0.39 is 18.4 Å². The highest BCUT2D eigenvalue weighted by molar-refractivity contribution is 5.74. The second-order valence-electron chi connectivity index (χ2n) is 10.1. The summed E-state index contributed by atoms with van der Waals surface area (Å²) >= 11 is 0. The Morgan fingerprint density at radius 1 is 1.05 bits per heavy atom. The Kier molecular flexibility index (Phi) is 7.81. The normalized spacial score (nSPS) is 24.5. The van der Waals surface area contributed by atoms with Gasteiger partial charge in [0.1, 0.15) is 17.5 Å². The molecule has 3 fully saturated rings. The van der Waals surface area contributed by atoms with Gasteiger partial charge in [-0.15, -0.1) is 13.2 Å². The van der Waals surface area contributed by atoms with Crippen LogP contribution >= 0.6 is 0 Å². The molecule has 6 rings (SSSR count). The van der Waals surface area contributed by atoms with Crippen molar-refractivity contribution >= 4 is 5.97 Å². The van der Waals surface area contributed by atoms with Crippen LogP contribution < -0.4 is 14.8 Å². The molecule has 0 amide bonds. The van der Waals surface area contributed by atoms with Crippen LogP contribution in [-0.2, 0) is 11.3 Å². The summed E-state index contributed by atoms with van der Waals surface area (Å²) in [6.45, 7) is 1.03. The molecule has 0 spiro atoms. The summed E-state index contributed by atoms with van der Waals surface area (Å²) in [4.78, 5) is 14.4. The van der Waals surface area contributed by atoms with E-state index in [1.165, 1.54) is 19.2 Å². The Bertz CT molecular complexity index is 1230. The molecule has 3 aromatic rings. The number of hydrogen-bond donors (Lipinski definition) is 2. The van der Waals surface area contributed by atoms with Gasteiger partial charge in [-0.2, -0.15) is 0 Å². The van der Waals surface area contributed by atoms with Gasteiger partial charge >= 0.3 is 12.3 Å². The number of rotatable bonds is 9. The van der Waals surface area contributed by atoms with Crippen molar-refractivity contribution in [1.29, 1.82) is 0 Å². The highest BCUT2D eigenvalue weighted by Gasteiger charge is 2.52. The number of fused-ring (bicyclic) bond motifs is 3. The summed E-state index contributed by atoms with van der Waals surface area (Å²) in [7, 11) is 1.41. The van der Waals surface area contributed by atoms with Gasteiger partial charge in [0.25, 0.3) is 0 Å². The van der Waals surface area contributed by atoms with Crippen molar-refractivity contribution < 1.29 is 32.5 Å². The number of halogens is 3. The average molecular weight is 541 g/mol. The lowest BCUT2D eigenvalue weighted by atomic mass is 9.68.